The number of hydrogen-bond acceptors (Lipinski definition) is 3. The first kappa shape index (κ1) is 18.8. The second-order valence-electron chi connectivity index (χ2n) is 6.00. The third-order valence-electron chi connectivity index (χ3n) is 2.88. The summed E-state index contributed by atoms with van der Waals surface area (Å²) in [6.07, 6.45) is -4.52. The molecule has 3 amide bonds. The molecule has 8 heteroatoms. The van der Waals surface area contributed by atoms with E-state index in [0.29, 0.717) is 0 Å². The Morgan fingerprint density at radius 1 is 1.09 bits per heavy atom. The zero-order valence-corrected chi connectivity index (χ0v) is 13.2. The van der Waals surface area contributed by atoms with E-state index in [1.807, 2.05) is 38.2 Å². The van der Waals surface area contributed by atoms with Crippen molar-refractivity contribution in [2.24, 2.45) is 0 Å². The molecule has 0 radical (unpaired) electrons. The first-order valence-corrected chi connectivity index (χ1v) is 6.97. The topological polar surface area (TPSA) is 70.2 Å². The lowest BCUT2D eigenvalue weighted by Gasteiger charge is -2.23. The highest BCUT2D eigenvalue weighted by molar-refractivity contribution is 5.96. The van der Waals surface area contributed by atoms with Crippen LogP contribution in [-0.2, 0) is 10.2 Å². The Hall–Kier alpha value is -2.25. The zero-order valence-electron chi connectivity index (χ0n) is 13.2. The molecule has 0 aliphatic heterocycles. The normalized spacial score (nSPS) is 11.7. The van der Waals surface area contributed by atoms with Crippen molar-refractivity contribution >= 4 is 17.6 Å². The molecule has 0 spiro atoms. The van der Waals surface area contributed by atoms with Crippen molar-refractivity contribution in [1.29, 1.82) is 0 Å². The standard InChI is InChI=1S/C15H20F3N3O2/c1-14(2,3)10-6-4-5-7-11(10)19-8-12(22)21-13(23)20-9-15(16,17)18/h4-7,19H,8-9H2,1-3H3,(H2,20,21,22,23). The highest BCUT2D eigenvalue weighted by Gasteiger charge is 2.28. The minimum atomic E-state index is -4.52. The molecule has 0 aliphatic rings. The Balaban J connectivity index is 2.53. The van der Waals surface area contributed by atoms with E-state index in [0.717, 1.165) is 11.3 Å². The van der Waals surface area contributed by atoms with Crippen molar-refractivity contribution in [3.63, 3.8) is 0 Å². The number of carbonyl (C=O) groups is 2. The van der Waals surface area contributed by atoms with Gasteiger partial charge in [-0.3, -0.25) is 10.1 Å². The quantitative estimate of drug-likeness (QED) is 0.794. The smallest absolute Gasteiger partial charge is 0.376 e. The van der Waals surface area contributed by atoms with Crippen LogP contribution in [0, 0.1) is 0 Å². The Bertz CT molecular complexity index is 566. The molecule has 3 N–H and O–H groups in total. The van der Waals surface area contributed by atoms with Crippen LogP contribution in [-0.4, -0.2) is 31.2 Å². The van der Waals surface area contributed by atoms with Crippen molar-refractivity contribution in [2.45, 2.75) is 32.4 Å². The molecule has 5 nitrogen and oxygen atoms in total. The van der Waals surface area contributed by atoms with Crippen LogP contribution in [0.2, 0.25) is 0 Å². The second-order valence-corrected chi connectivity index (χ2v) is 6.00. The fraction of sp³-hybridized carbons (Fsp3) is 0.467. The number of alkyl halides is 3. The van der Waals surface area contributed by atoms with Gasteiger partial charge in [-0.1, -0.05) is 39.0 Å². The molecular weight excluding hydrogens is 311 g/mol. The van der Waals surface area contributed by atoms with Gasteiger partial charge in [0, 0.05) is 5.69 Å². The van der Waals surface area contributed by atoms with E-state index in [1.54, 1.807) is 17.4 Å². The van der Waals surface area contributed by atoms with E-state index in [4.69, 9.17) is 0 Å². The largest absolute Gasteiger partial charge is 0.405 e. The predicted octanol–water partition coefficient (Wildman–Crippen LogP) is 2.78. The number of halogens is 3. The van der Waals surface area contributed by atoms with Crippen molar-refractivity contribution < 1.29 is 22.8 Å². The number of urea groups is 1. The van der Waals surface area contributed by atoms with E-state index >= 15 is 0 Å². The molecule has 0 aromatic heterocycles. The molecule has 1 aromatic carbocycles. The Morgan fingerprint density at radius 3 is 2.26 bits per heavy atom. The van der Waals surface area contributed by atoms with Gasteiger partial charge in [0.25, 0.3) is 0 Å². The van der Waals surface area contributed by atoms with E-state index in [-0.39, 0.29) is 12.0 Å². The first-order chi connectivity index (χ1) is 10.5. The zero-order chi connectivity index (χ0) is 17.7. The highest BCUT2D eigenvalue weighted by atomic mass is 19.4. The van der Waals surface area contributed by atoms with Gasteiger partial charge in [0.05, 0.1) is 6.54 Å². The fourth-order valence-corrected chi connectivity index (χ4v) is 1.86. The molecule has 128 valence electrons. The van der Waals surface area contributed by atoms with Crippen LogP contribution < -0.4 is 16.0 Å². The molecule has 0 saturated carbocycles. The minimum absolute atomic E-state index is 0.149. The van der Waals surface area contributed by atoms with Crippen molar-refractivity contribution in [3.05, 3.63) is 29.8 Å². The first-order valence-electron chi connectivity index (χ1n) is 6.97. The minimum Gasteiger partial charge on any atom is -0.376 e. The van der Waals surface area contributed by atoms with Crippen LogP contribution in [0.3, 0.4) is 0 Å². The van der Waals surface area contributed by atoms with Gasteiger partial charge in [-0.2, -0.15) is 13.2 Å². The summed E-state index contributed by atoms with van der Waals surface area (Å²) < 4.78 is 35.8. The maximum atomic E-state index is 11.9. The third-order valence-corrected chi connectivity index (χ3v) is 2.88. The van der Waals surface area contributed by atoms with E-state index in [2.05, 4.69) is 5.32 Å². The summed E-state index contributed by atoms with van der Waals surface area (Å²) in [6, 6.07) is 6.19. The summed E-state index contributed by atoms with van der Waals surface area (Å²) >= 11 is 0. The third kappa shape index (κ3) is 7.03. The maximum absolute atomic E-state index is 11.9. The molecule has 0 aliphatic carbocycles. The van der Waals surface area contributed by atoms with Crippen LogP contribution >= 0.6 is 0 Å². The average molecular weight is 331 g/mol. The average Bonchev–Trinajstić information content (AvgIpc) is 2.41. The molecular formula is C15H20F3N3O2. The lowest BCUT2D eigenvalue weighted by atomic mass is 9.86. The van der Waals surface area contributed by atoms with Gasteiger partial charge >= 0.3 is 12.2 Å². The van der Waals surface area contributed by atoms with Crippen LogP contribution in [0.25, 0.3) is 0 Å². The molecule has 0 fully saturated rings. The van der Waals surface area contributed by atoms with Gasteiger partial charge in [-0.05, 0) is 17.0 Å². The number of carbonyl (C=O) groups excluding carboxylic acids is 2. The molecule has 0 atom stereocenters. The summed E-state index contributed by atoms with van der Waals surface area (Å²) in [4.78, 5) is 22.8. The van der Waals surface area contributed by atoms with E-state index in [1.165, 1.54) is 0 Å². The monoisotopic (exact) mass is 331 g/mol. The molecule has 0 saturated heterocycles. The van der Waals surface area contributed by atoms with Crippen molar-refractivity contribution in [3.8, 4) is 0 Å². The molecule has 0 bridgehead atoms. The number of hydrogen-bond donors (Lipinski definition) is 3. The molecule has 1 rings (SSSR count). The Labute approximate surface area is 132 Å². The van der Waals surface area contributed by atoms with Crippen LogP contribution in [0.15, 0.2) is 24.3 Å². The number of nitrogens with one attached hydrogen (secondary N) is 3. The predicted molar refractivity (Wildman–Crippen MR) is 81.2 cm³/mol. The number of para-hydroxylation sites is 1. The molecule has 1 aromatic rings. The Kier molecular flexibility index (Phi) is 6.00. The second kappa shape index (κ2) is 7.34. The number of imide groups is 1. The van der Waals surface area contributed by atoms with Crippen molar-refractivity contribution in [1.82, 2.24) is 10.6 Å². The van der Waals surface area contributed by atoms with Gasteiger partial charge in [0.1, 0.15) is 6.54 Å². The lowest BCUT2D eigenvalue weighted by molar-refractivity contribution is -0.124. The van der Waals surface area contributed by atoms with Gasteiger partial charge in [0.15, 0.2) is 0 Å². The molecule has 23 heavy (non-hydrogen) atoms. The van der Waals surface area contributed by atoms with E-state index < -0.39 is 24.7 Å². The summed E-state index contributed by atoms with van der Waals surface area (Å²) in [5.41, 5.74) is 1.56. The van der Waals surface area contributed by atoms with Crippen LogP contribution in [0.5, 0.6) is 0 Å². The van der Waals surface area contributed by atoms with Gasteiger partial charge in [-0.15, -0.1) is 0 Å². The Morgan fingerprint density at radius 2 is 1.70 bits per heavy atom. The van der Waals surface area contributed by atoms with Crippen molar-refractivity contribution in [2.75, 3.05) is 18.4 Å². The highest BCUT2D eigenvalue weighted by Crippen LogP contribution is 2.28. The molecule has 0 unspecified atom stereocenters. The summed E-state index contributed by atoms with van der Waals surface area (Å²) in [7, 11) is 0. The van der Waals surface area contributed by atoms with E-state index in [9.17, 15) is 22.8 Å². The van der Waals surface area contributed by atoms with Gasteiger partial charge < -0.3 is 10.6 Å². The lowest BCUT2D eigenvalue weighted by Crippen LogP contribution is -2.45. The number of amides is 3. The summed E-state index contributed by atoms with van der Waals surface area (Å²) in [5.74, 6) is -0.728. The van der Waals surface area contributed by atoms with Gasteiger partial charge in [-0.25, -0.2) is 4.79 Å². The number of benzene rings is 1. The molecule has 0 heterocycles. The van der Waals surface area contributed by atoms with Gasteiger partial charge in [0.2, 0.25) is 5.91 Å². The maximum Gasteiger partial charge on any atom is 0.405 e. The van der Waals surface area contributed by atoms with Crippen LogP contribution in [0.4, 0.5) is 23.7 Å². The summed E-state index contributed by atoms with van der Waals surface area (Å²) in [5, 5.41) is 6.28. The fourth-order valence-electron chi connectivity index (χ4n) is 1.86. The SMILES string of the molecule is CC(C)(C)c1ccccc1NCC(=O)NC(=O)NCC(F)(F)F. The number of rotatable bonds is 4. The summed E-state index contributed by atoms with van der Waals surface area (Å²) in [6.45, 7) is 4.31. The number of anilines is 1. The van der Waals surface area contributed by atoms with Crippen LogP contribution in [0.1, 0.15) is 26.3 Å².